The van der Waals surface area contributed by atoms with E-state index < -0.39 is 6.04 Å². The molecule has 0 aliphatic carbocycles. The maximum absolute atomic E-state index is 10.3. The van der Waals surface area contributed by atoms with Gasteiger partial charge in [-0.15, -0.1) is 0 Å². The van der Waals surface area contributed by atoms with Crippen molar-refractivity contribution in [3.63, 3.8) is 0 Å². The Bertz CT molecular complexity index is 1350. The number of aromatic amines is 1. The molecule has 4 bridgehead atoms. The zero-order chi connectivity index (χ0) is 24.0. The van der Waals surface area contributed by atoms with Crippen LogP contribution in [-0.2, 0) is 11.3 Å². The molecule has 1 atom stereocenters. The first-order valence-corrected chi connectivity index (χ1v) is 11.1. The number of aliphatic hydroxyl groups excluding tert-OH is 1. The van der Waals surface area contributed by atoms with Crippen LogP contribution >= 0.6 is 0 Å². The summed E-state index contributed by atoms with van der Waals surface area (Å²) in [6, 6.07) is 14.6. The van der Waals surface area contributed by atoms with Crippen molar-refractivity contribution >= 4 is 17.5 Å². The van der Waals surface area contributed by atoms with E-state index in [1.807, 2.05) is 30.3 Å². The predicted molar refractivity (Wildman–Crippen MR) is 129 cm³/mol. The summed E-state index contributed by atoms with van der Waals surface area (Å²) in [5.41, 5.74) is 4.30. The maximum Gasteiger partial charge on any atom is 0.229 e. The molecule has 4 aromatic rings. The van der Waals surface area contributed by atoms with Gasteiger partial charge in [-0.3, -0.25) is 5.10 Å². The molecule has 1 aliphatic rings. The third-order valence-corrected chi connectivity index (χ3v) is 5.61. The highest BCUT2D eigenvalue weighted by Crippen LogP contribution is 2.33. The van der Waals surface area contributed by atoms with E-state index in [-0.39, 0.29) is 13.2 Å². The van der Waals surface area contributed by atoms with Crippen molar-refractivity contribution < 1.29 is 14.6 Å². The van der Waals surface area contributed by atoms with Crippen LogP contribution in [0.2, 0.25) is 0 Å². The highest BCUT2D eigenvalue weighted by atomic mass is 16.5. The number of hydrogen-bond donors (Lipinski definition) is 4. The number of ether oxygens (including phenoxy) is 2. The Morgan fingerprint density at radius 2 is 2.06 bits per heavy atom. The molecule has 0 radical (unpaired) electrons. The van der Waals surface area contributed by atoms with Crippen LogP contribution in [0.15, 0.2) is 61.1 Å². The second-order valence-corrected chi connectivity index (χ2v) is 7.87. The van der Waals surface area contributed by atoms with Crippen LogP contribution in [0.5, 0.6) is 5.75 Å². The smallest absolute Gasteiger partial charge is 0.229 e. The van der Waals surface area contributed by atoms with Gasteiger partial charge < -0.3 is 25.2 Å². The van der Waals surface area contributed by atoms with Crippen LogP contribution in [0.1, 0.15) is 22.7 Å². The first-order chi connectivity index (χ1) is 17.2. The van der Waals surface area contributed by atoms with Crippen LogP contribution in [0.4, 0.5) is 17.5 Å². The summed E-state index contributed by atoms with van der Waals surface area (Å²) in [7, 11) is 0. The number of anilines is 3. The van der Waals surface area contributed by atoms with E-state index in [0.29, 0.717) is 36.3 Å². The normalized spacial score (nSPS) is 15.6. The van der Waals surface area contributed by atoms with E-state index >= 15 is 0 Å². The Hall–Kier alpha value is -4.46. The van der Waals surface area contributed by atoms with Crippen molar-refractivity contribution in [1.29, 1.82) is 5.26 Å². The molecule has 5 rings (SSSR count). The van der Waals surface area contributed by atoms with E-state index in [4.69, 9.17) is 14.5 Å². The number of H-pyrrole nitrogens is 1. The predicted octanol–water partition coefficient (Wildman–Crippen LogP) is 3.54. The Kier molecular flexibility index (Phi) is 6.52. The number of nitriles is 1. The van der Waals surface area contributed by atoms with Crippen molar-refractivity contribution in [3.05, 3.63) is 77.7 Å². The van der Waals surface area contributed by atoms with Gasteiger partial charge in [0.05, 0.1) is 43.7 Å². The molecule has 10 heteroatoms. The maximum atomic E-state index is 10.3. The minimum absolute atomic E-state index is 0.187. The summed E-state index contributed by atoms with van der Waals surface area (Å²) in [4.78, 5) is 9.17. The molecular weight excluding hydrogens is 446 g/mol. The van der Waals surface area contributed by atoms with Crippen LogP contribution in [0, 0.1) is 11.3 Å². The van der Waals surface area contributed by atoms with Crippen LogP contribution in [0.3, 0.4) is 0 Å². The summed E-state index contributed by atoms with van der Waals surface area (Å²) >= 11 is 0. The largest absolute Gasteiger partial charge is 0.491 e. The number of fused-ring (bicyclic) bond motifs is 5. The molecule has 0 saturated carbocycles. The van der Waals surface area contributed by atoms with Gasteiger partial charge in [0.2, 0.25) is 5.95 Å². The highest BCUT2D eigenvalue weighted by Gasteiger charge is 2.20. The van der Waals surface area contributed by atoms with Crippen molar-refractivity contribution in [2.45, 2.75) is 12.6 Å². The molecule has 35 heavy (non-hydrogen) atoms. The van der Waals surface area contributed by atoms with Gasteiger partial charge in [-0.2, -0.15) is 15.3 Å². The summed E-state index contributed by atoms with van der Waals surface area (Å²) in [5.74, 6) is 1.50. The molecule has 4 N–H and O–H groups in total. The Labute approximate surface area is 201 Å². The molecule has 3 heterocycles. The van der Waals surface area contributed by atoms with Gasteiger partial charge in [0, 0.05) is 34.8 Å². The molecule has 0 unspecified atom stereocenters. The van der Waals surface area contributed by atoms with Crippen LogP contribution in [-0.4, -0.2) is 45.1 Å². The quantitative estimate of drug-likeness (QED) is 0.347. The lowest BCUT2D eigenvalue weighted by Gasteiger charge is -2.22. The lowest BCUT2D eigenvalue weighted by atomic mass is 10.1. The molecule has 0 amide bonds. The van der Waals surface area contributed by atoms with Gasteiger partial charge in [0.1, 0.15) is 18.2 Å². The molecule has 0 fully saturated rings. The molecule has 2 aromatic heterocycles. The van der Waals surface area contributed by atoms with Gasteiger partial charge in [0.25, 0.3) is 0 Å². The monoisotopic (exact) mass is 469 g/mol. The number of nitrogens with zero attached hydrogens (tertiary/aromatic N) is 4. The summed E-state index contributed by atoms with van der Waals surface area (Å²) in [5, 5.41) is 33.2. The van der Waals surface area contributed by atoms with E-state index in [1.54, 1.807) is 30.7 Å². The van der Waals surface area contributed by atoms with Crippen LogP contribution in [0.25, 0.3) is 11.1 Å². The first kappa shape index (κ1) is 22.3. The minimum Gasteiger partial charge on any atom is -0.491 e. The van der Waals surface area contributed by atoms with E-state index in [0.717, 1.165) is 27.9 Å². The number of benzene rings is 2. The van der Waals surface area contributed by atoms with Crippen LogP contribution < -0.4 is 15.4 Å². The number of aliphatic hydroxyl groups is 1. The second kappa shape index (κ2) is 10.2. The first-order valence-electron chi connectivity index (χ1n) is 11.1. The molecule has 176 valence electrons. The summed E-state index contributed by atoms with van der Waals surface area (Å²) in [6.45, 7) is 0.719. The van der Waals surface area contributed by atoms with Crippen molar-refractivity contribution in [2.24, 2.45) is 0 Å². The zero-order valence-corrected chi connectivity index (χ0v) is 18.7. The minimum atomic E-state index is -0.491. The lowest BCUT2D eigenvalue weighted by molar-refractivity contribution is 0.0883. The summed E-state index contributed by atoms with van der Waals surface area (Å²) < 4.78 is 11.8. The Balaban J connectivity index is 1.59. The fourth-order valence-corrected chi connectivity index (χ4v) is 3.87. The van der Waals surface area contributed by atoms with Crippen molar-refractivity contribution in [1.82, 2.24) is 20.2 Å². The average molecular weight is 470 g/mol. The zero-order valence-electron chi connectivity index (χ0n) is 18.7. The topological polar surface area (TPSA) is 141 Å². The van der Waals surface area contributed by atoms with E-state index in [9.17, 15) is 10.4 Å². The van der Waals surface area contributed by atoms with Crippen molar-refractivity contribution in [3.8, 4) is 22.9 Å². The van der Waals surface area contributed by atoms with E-state index in [2.05, 4.69) is 31.9 Å². The number of nitrogens with one attached hydrogen (secondary N) is 3. The van der Waals surface area contributed by atoms with Gasteiger partial charge in [-0.1, -0.05) is 18.2 Å². The third-order valence-electron chi connectivity index (χ3n) is 5.61. The fraction of sp³-hybridized carbons (Fsp3) is 0.200. The standard InChI is InChI=1S/C25H23N7O3/c26-10-16-5-6-19-9-17(16)15-34-7-8-35-23-4-2-1-3-20(23)22(14-33)31-24-21(18-11-28-29-12-18)13-27-25(30-19)32-24/h1-6,9,11-13,22,33H,7-8,14-15H2,(H,28,29)(H2,27,30,31,32)/t22-/m1/s1. The third kappa shape index (κ3) is 4.91. The number of hydrogen-bond acceptors (Lipinski definition) is 9. The van der Waals surface area contributed by atoms with E-state index in [1.165, 1.54) is 0 Å². The molecular formula is C25H23N7O3. The molecule has 2 aromatic carbocycles. The average Bonchev–Trinajstić information content (AvgIpc) is 3.42. The molecule has 0 saturated heterocycles. The van der Waals surface area contributed by atoms with Gasteiger partial charge >= 0.3 is 0 Å². The van der Waals surface area contributed by atoms with Crippen molar-refractivity contribution in [2.75, 3.05) is 30.5 Å². The number of para-hydroxylation sites is 1. The highest BCUT2D eigenvalue weighted by molar-refractivity contribution is 5.75. The van der Waals surface area contributed by atoms with Gasteiger partial charge in [-0.25, -0.2) is 4.98 Å². The second-order valence-electron chi connectivity index (χ2n) is 7.87. The lowest BCUT2D eigenvalue weighted by Crippen LogP contribution is -2.19. The fourth-order valence-electron chi connectivity index (χ4n) is 3.87. The summed E-state index contributed by atoms with van der Waals surface area (Å²) in [6.07, 6.45) is 5.12. The Morgan fingerprint density at radius 3 is 2.89 bits per heavy atom. The number of aromatic nitrogens is 4. The Morgan fingerprint density at radius 1 is 1.14 bits per heavy atom. The SMILES string of the molecule is N#Cc1ccc2cc1COCCOc1ccccc1[C@@H](CO)Nc1nc(ncc1-c1cn[nH]c1)N2. The van der Waals surface area contributed by atoms with Gasteiger partial charge in [0.15, 0.2) is 0 Å². The number of rotatable bonds is 2. The van der Waals surface area contributed by atoms with Gasteiger partial charge in [-0.05, 0) is 29.8 Å². The molecule has 10 nitrogen and oxygen atoms in total. The molecule has 1 aliphatic heterocycles. The molecule has 0 spiro atoms.